The minimum Gasteiger partial charge on any atom is -0.381 e. The first-order valence-corrected chi connectivity index (χ1v) is 9.28. The van der Waals surface area contributed by atoms with Crippen LogP contribution in [0, 0.1) is 0 Å². The number of carbonyl (C=O) groups excluding carboxylic acids is 1. The van der Waals surface area contributed by atoms with Gasteiger partial charge in [-0.05, 0) is 50.6 Å². The number of hydrogen-bond donors (Lipinski definition) is 1. The molecule has 22 heavy (non-hydrogen) atoms. The van der Waals surface area contributed by atoms with Gasteiger partial charge in [0.15, 0.2) is 0 Å². The molecule has 2 unspecified atom stereocenters. The Balaban J connectivity index is 1.53. The average Bonchev–Trinajstić information content (AvgIpc) is 3.18. The Bertz CT molecular complexity index is 471. The Kier molecular flexibility index (Phi) is 5.50. The highest BCUT2D eigenvalue weighted by Crippen LogP contribution is 2.25. The summed E-state index contributed by atoms with van der Waals surface area (Å²) in [6.45, 7) is 4.84. The van der Waals surface area contributed by atoms with Crippen molar-refractivity contribution in [3.8, 4) is 0 Å². The van der Waals surface area contributed by atoms with Crippen LogP contribution in [-0.4, -0.2) is 48.7 Å². The van der Waals surface area contributed by atoms with Crippen molar-refractivity contribution < 1.29 is 9.53 Å². The van der Waals surface area contributed by atoms with E-state index in [1.807, 2.05) is 0 Å². The van der Waals surface area contributed by atoms with E-state index in [0.717, 1.165) is 51.9 Å². The molecule has 0 radical (unpaired) electrons. The summed E-state index contributed by atoms with van der Waals surface area (Å²) in [5, 5.41) is 5.31. The van der Waals surface area contributed by atoms with Gasteiger partial charge in [0.2, 0.25) is 5.91 Å². The number of nitrogens with zero attached hydrogens (tertiary/aromatic N) is 1. The fourth-order valence-electron chi connectivity index (χ4n) is 3.64. The number of ether oxygens (including phenoxy) is 1. The highest BCUT2D eigenvalue weighted by Gasteiger charge is 2.36. The lowest BCUT2D eigenvalue weighted by atomic mass is 10.1. The quantitative estimate of drug-likeness (QED) is 0.905. The van der Waals surface area contributed by atoms with Gasteiger partial charge in [0, 0.05) is 36.6 Å². The topological polar surface area (TPSA) is 41.6 Å². The molecule has 3 rings (SSSR count). The molecule has 2 aliphatic rings. The molecule has 1 N–H and O–H groups in total. The number of thiophene rings is 1. The van der Waals surface area contributed by atoms with E-state index < -0.39 is 0 Å². The third kappa shape index (κ3) is 3.89. The van der Waals surface area contributed by atoms with Gasteiger partial charge in [-0.2, -0.15) is 0 Å². The molecular weight excluding hydrogens is 296 g/mol. The first-order valence-electron chi connectivity index (χ1n) is 8.40. The fourth-order valence-corrected chi connectivity index (χ4v) is 4.48. The molecule has 0 aliphatic carbocycles. The molecule has 2 saturated heterocycles. The van der Waals surface area contributed by atoms with Gasteiger partial charge in [0.1, 0.15) is 0 Å². The summed E-state index contributed by atoms with van der Waals surface area (Å²) in [6, 6.07) is 4.99. The van der Waals surface area contributed by atoms with Gasteiger partial charge in [-0.3, -0.25) is 9.69 Å². The third-order valence-corrected chi connectivity index (χ3v) is 5.63. The Labute approximate surface area is 136 Å². The van der Waals surface area contributed by atoms with Crippen molar-refractivity contribution in [2.45, 2.75) is 57.2 Å². The standard InChI is InChI=1S/C17H26N2O2S/c1-13(12-15-4-3-11-22-15)18-17(20)16-5-2-8-19(16)14-6-9-21-10-7-14/h3-4,11,13-14,16H,2,5-10,12H2,1H3,(H,18,20). The van der Waals surface area contributed by atoms with Crippen molar-refractivity contribution in [1.82, 2.24) is 10.2 Å². The number of amides is 1. The molecule has 0 saturated carbocycles. The predicted molar refractivity (Wildman–Crippen MR) is 89.2 cm³/mol. The first-order chi connectivity index (χ1) is 10.7. The summed E-state index contributed by atoms with van der Waals surface area (Å²) >= 11 is 1.76. The Morgan fingerprint density at radius 1 is 1.45 bits per heavy atom. The summed E-state index contributed by atoms with van der Waals surface area (Å²) in [7, 11) is 0. The lowest BCUT2D eigenvalue weighted by Gasteiger charge is -2.35. The van der Waals surface area contributed by atoms with Crippen LogP contribution >= 0.6 is 11.3 Å². The van der Waals surface area contributed by atoms with Crippen LogP contribution in [0.25, 0.3) is 0 Å². The van der Waals surface area contributed by atoms with Crippen molar-refractivity contribution >= 4 is 17.2 Å². The molecule has 5 heteroatoms. The van der Waals surface area contributed by atoms with E-state index in [1.165, 1.54) is 4.88 Å². The second-order valence-corrected chi connectivity index (χ2v) is 7.46. The summed E-state index contributed by atoms with van der Waals surface area (Å²) < 4.78 is 5.45. The number of rotatable bonds is 5. The van der Waals surface area contributed by atoms with Crippen LogP contribution in [0.2, 0.25) is 0 Å². The van der Waals surface area contributed by atoms with Crippen LogP contribution in [0.3, 0.4) is 0 Å². The molecule has 1 aromatic heterocycles. The molecule has 2 aliphatic heterocycles. The zero-order valence-electron chi connectivity index (χ0n) is 13.3. The SMILES string of the molecule is CC(Cc1cccs1)NC(=O)C1CCCN1C1CCOCC1. The maximum absolute atomic E-state index is 12.7. The van der Waals surface area contributed by atoms with Crippen molar-refractivity contribution in [3.05, 3.63) is 22.4 Å². The monoisotopic (exact) mass is 322 g/mol. The molecule has 3 heterocycles. The average molecular weight is 322 g/mol. The molecule has 2 atom stereocenters. The van der Waals surface area contributed by atoms with Crippen LogP contribution < -0.4 is 5.32 Å². The Morgan fingerprint density at radius 2 is 2.27 bits per heavy atom. The van der Waals surface area contributed by atoms with Gasteiger partial charge in [-0.15, -0.1) is 11.3 Å². The molecule has 4 nitrogen and oxygen atoms in total. The zero-order chi connectivity index (χ0) is 15.4. The molecule has 122 valence electrons. The largest absolute Gasteiger partial charge is 0.381 e. The summed E-state index contributed by atoms with van der Waals surface area (Å²) in [5.74, 6) is 0.216. The molecule has 0 bridgehead atoms. The van der Waals surface area contributed by atoms with Crippen molar-refractivity contribution in [2.75, 3.05) is 19.8 Å². The molecular formula is C17H26N2O2S. The highest BCUT2D eigenvalue weighted by atomic mass is 32.1. The number of hydrogen-bond acceptors (Lipinski definition) is 4. The van der Waals surface area contributed by atoms with E-state index in [1.54, 1.807) is 11.3 Å². The summed E-state index contributed by atoms with van der Waals surface area (Å²) in [4.78, 5) is 16.4. The molecule has 2 fully saturated rings. The van der Waals surface area contributed by atoms with Gasteiger partial charge >= 0.3 is 0 Å². The molecule has 1 amide bonds. The Morgan fingerprint density at radius 3 is 3.00 bits per heavy atom. The van der Waals surface area contributed by atoms with E-state index in [0.29, 0.717) is 6.04 Å². The zero-order valence-corrected chi connectivity index (χ0v) is 14.1. The molecule has 1 aromatic rings. The first kappa shape index (κ1) is 16.0. The number of nitrogens with one attached hydrogen (secondary N) is 1. The van der Waals surface area contributed by atoms with Crippen LogP contribution in [-0.2, 0) is 16.0 Å². The second-order valence-electron chi connectivity index (χ2n) is 6.43. The minimum atomic E-state index is 0.0638. The predicted octanol–water partition coefficient (Wildman–Crippen LogP) is 2.44. The van der Waals surface area contributed by atoms with Gasteiger partial charge in [-0.1, -0.05) is 6.07 Å². The van der Waals surface area contributed by atoms with Crippen molar-refractivity contribution in [2.24, 2.45) is 0 Å². The second kappa shape index (κ2) is 7.57. The van der Waals surface area contributed by atoms with E-state index in [4.69, 9.17) is 4.74 Å². The van der Waals surface area contributed by atoms with Crippen LogP contribution in [0.1, 0.15) is 37.5 Å². The fraction of sp³-hybridized carbons (Fsp3) is 0.706. The van der Waals surface area contributed by atoms with E-state index in [-0.39, 0.29) is 18.0 Å². The van der Waals surface area contributed by atoms with Crippen molar-refractivity contribution in [3.63, 3.8) is 0 Å². The maximum atomic E-state index is 12.7. The minimum absolute atomic E-state index is 0.0638. The van der Waals surface area contributed by atoms with Crippen LogP contribution in [0.5, 0.6) is 0 Å². The van der Waals surface area contributed by atoms with E-state index >= 15 is 0 Å². The number of likely N-dealkylation sites (tertiary alicyclic amines) is 1. The highest BCUT2D eigenvalue weighted by molar-refractivity contribution is 7.09. The van der Waals surface area contributed by atoms with Gasteiger partial charge in [0.05, 0.1) is 6.04 Å². The number of carbonyl (C=O) groups is 1. The van der Waals surface area contributed by atoms with Crippen LogP contribution in [0.15, 0.2) is 17.5 Å². The molecule has 0 spiro atoms. The van der Waals surface area contributed by atoms with E-state index in [9.17, 15) is 4.79 Å². The van der Waals surface area contributed by atoms with E-state index in [2.05, 4.69) is 34.7 Å². The summed E-state index contributed by atoms with van der Waals surface area (Å²) in [5.41, 5.74) is 0. The van der Waals surface area contributed by atoms with Gasteiger partial charge in [0.25, 0.3) is 0 Å². The smallest absolute Gasteiger partial charge is 0.237 e. The normalized spacial score (nSPS) is 25.2. The van der Waals surface area contributed by atoms with Crippen molar-refractivity contribution in [1.29, 1.82) is 0 Å². The maximum Gasteiger partial charge on any atom is 0.237 e. The van der Waals surface area contributed by atoms with Crippen LogP contribution in [0.4, 0.5) is 0 Å². The lowest BCUT2D eigenvalue weighted by molar-refractivity contribution is -0.127. The third-order valence-electron chi connectivity index (χ3n) is 4.73. The summed E-state index contributed by atoms with van der Waals surface area (Å²) in [6.07, 6.45) is 5.18. The lowest BCUT2D eigenvalue weighted by Crippen LogP contribution is -2.51. The molecule has 0 aromatic carbocycles. The van der Waals surface area contributed by atoms with Gasteiger partial charge in [-0.25, -0.2) is 0 Å². The Hall–Kier alpha value is -0.910. The van der Waals surface area contributed by atoms with Gasteiger partial charge < -0.3 is 10.1 Å².